The van der Waals surface area contributed by atoms with Crippen LogP contribution in [0.25, 0.3) is 11.2 Å². The summed E-state index contributed by atoms with van der Waals surface area (Å²) in [4.78, 5) is 14.6. The number of anilines is 1. The predicted molar refractivity (Wildman–Crippen MR) is 75.9 cm³/mol. The van der Waals surface area contributed by atoms with Crippen LogP contribution in [0.1, 0.15) is 12.5 Å². The molecule has 0 radical (unpaired) electrons. The van der Waals surface area contributed by atoms with Crippen molar-refractivity contribution >= 4 is 17.0 Å². The summed E-state index contributed by atoms with van der Waals surface area (Å²) in [6.45, 7) is -0.153. The molecule has 8 heteroatoms. The maximum Gasteiger partial charge on any atom is 0.165 e. The number of aliphatic hydroxyl groups excluding tert-OH is 3. The second-order valence-corrected chi connectivity index (χ2v) is 5.64. The molecule has 1 fully saturated rings. The Morgan fingerprint density at radius 3 is 2.62 bits per heavy atom. The van der Waals surface area contributed by atoms with Crippen LogP contribution in [0.15, 0.2) is 12.7 Å². The lowest BCUT2D eigenvalue weighted by atomic mass is 10.1. The Morgan fingerprint density at radius 1 is 1.24 bits per heavy atom. The number of aliphatic hydroxyl groups is 3. The lowest BCUT2D eigenvalue weighted by Gasteiger charge is -2.18. The highest BCUT2D eigenvalue weighted by Crippen LogP contribution is 2.37. The van der Waals surface area contributed by atoms with Crippen molar-refractivity contribution in [3.63, 3.8) is 0 Å². The van der Waals surface area contributed by atoms with Gasteiger partial charge >= 0.3 is 0 Å². The van der Waals surface area contributed by atoms with Gasteiger partial charge in [-0.1, -0.05) is 0 Å². The van der Waals surface area contributed by atoms with Crippen molar-refractivity contribution in [2.75, 3.05) is 25.6 Å². The molecule has 3 rings (SSSR count). The molecule has 21 heavy (non-hydrogen) atoms. The zero-order valence-corrected chi connectivity index (χ0v) is 12.0. The van der Waals surface area contributed by atoms with E-state index in [0.29, 0.717) is 23.4 Å². The Kier molecular flexibility index (Phi) is 3.52. The zero-order chi connectivity index (χ0) is 15.1. The Bertz CT molecular complexity index is 644. The molecule has 1 aliphatic carbocycles. The van der Waals surface area contributed by atoms with Crippen LogP contribution in [0.3, 0.4) is 0 Å². The van der Waals surface area contributed by atoms with Crippen LogP contribution in [0, 0.1) is 5.92 Å². The predicted octanol–water partition coefficient (Wildman–Crippen LogP) is -0.833. The molecule has 2 aromatic rings. The lowest BCUT2D eigenvalue weighted by molar-refractivity contribution is -0.00370. The number of rotatable bonds is 3. The molecule has 3 N–H and O–H groups in total. The van der Waals surface area contributed by atoms with Gasteiger partial charge in [0.2, 0.25) is 0 Å². The minimum absolute atomic E-state index is 0.153. The van der Waals surface area contributed by atoms with E-state index in [4.69, 9.17) is 0 Å². The summed E-state index contributed by atoms with van der Waals surface area (Å²) in [5.41, 5.74) is 1.26. The maximum absolute atomic E-state index is 10.2. The smallest absolute Gasteiger partial charge is 0.165 e. The SMILES string of the molecule is CN(C)c1ncnc2c1ncn2C1CC(CO)C(O)C1O. The van der Waals surface area contributed by atoms with Crippen molar-refractivity contribution in [2.24, 2.45) is 5.92 Å². The highest BCUT2D eigenvalue weighted by atomic mass is 16.3. The molecule has 2 aromatic heterocycles. The first-order chi connectivity index (χ1) is 10.0. The average molecular weight is 293 g/mol. The van der Waals surface area contributed by atoms with E-state index in [9.17, 15) is 15.3 Å². The van der Waals surface area contributed by atoms with Gasteiger partial charge in [0.15, 0.2) is 17.0 Å². The third-order valence-corrected chi connectivity index (χ3v) is 4.13. The standard InChI is InChI=1S/C13H19N5O3/c1-17(2)12-9-13(15-5-14-12)18(6-16-9)8-3-7(4-19)10(20)11(8)21/h5-8,10-11,19-21H,3-4H2,1-2H3. The fourth-order valence-corrected chi connectivity index (χ4v) is 2.97. The van der Waals surface area contributed by atoms with Crippen molar-refractivity contribution in [1.82, 2.24) is 19.5 Å². The molecule has 114 valence electrons. The van der Waals surface area contributed by atoms with E-state index >= 15 is 0 Å². The summed E-state index contributed by atoms with van der Waals surface area (Å²) < 4.78 is 1.76. The van der Waals surface area contributed by atoms with E-state index < -0.39 is 12.2 Å². The summed E-state index contributed by atoms with van der Waals surface area (Å²) in [6.07, 6.45) is 1.65. The topological polar surface area (TPSA) is 108 Å². The molecule has 4 unspecified atom stereocenters. The summed E-state index contributed by atoms with van der Waals surface area (Å²) in [5, 5.41) is 29.4. The minimum atomic E-state index is -0.947. The maximum atomic E-state index is 10.2. The van der Waals surface area contributed by atoms with Gasteiger partial charge in [-0.25, -0.2) is 15.0 Å². The first-order valence-electron chi connectivity index (χ1n) is 6.86. The van der Waals surface area contributed by atoms with Gasteiger partial charge < -0.3 is 24.8 Å². The fraction of sp³-hybridized carbons (Fsp3) is 0.615. The van der Waals surface area contributed by atoms with Gasteiger partial charge in [0.1, 0.15) is 12.4 Å². The van der Waals surface area contributed by atoms with E-state index in [1.807, 2.05) is 19.0 Å². The van der Waals surface area contributed by atoms with Crippen LogP contribution in [-0.2, 0) is 0 Å². The number of nitrogens with zero attached hydrogens (tertiary/aromatic N) is 5. The van der Waals surface area contributed by atoms with E-state index in [-0.39, 0.29) is 18.6 Å². The minimum Gasteiger partial charge on any atom is -0.396 e. The zero-order valence-electron chi connectivity index (χ0n) is 12.0. The Labute approximate surface area is 121 Å². The number of fused-ring (bicyclic) bond motifs is 1. The molecule has 2 heterocycles. The van der Waals surface area contributed by atoms with Gasteiger partial charge in [-0.15, -0.1) is 0 Å². The first kappa shape index (κ1) is 14.2. The van der Waals surface area contributed by atoms with Crippen molar-refractivity contribution in [2.45, 2.75) is 24.7 Å². The van der Waals surface area contributed by atoms with E-state index in [1.54, 1.807) is 10.9 Å². The van der Waals surface area contributed by atoms with Gasteiger partial charge in [0.25, 0.3) is 0 Å². The normalized spacial score (nSPS) is 29.2. The fourth-order valence-electron chi connectivity index (χ4n) is 2.97. The highest BCUT2D eigenvalue weighted by Gasteiger charge is 2.42. The number of hydrogen-bond donors (Lipinski definition) is 3. The average Bonchev–Trinajstić information content (AvgIpc) is 3.01. The Morgan fingerprint density at radius 2 is 2.00 bits per heavy atom. The largest absolute Gasteiger partial charge is 0.396 e. The van der Waals surface area contributed by atoms with Crippen LogP contribution >= 0.6 is 0 Å². The molecule has 0 aliphatic heterocycles. The Hall–Kier alpha value is -1.77. The van der Waals surface area contributed by atoms with Crippen LogP contribution in [-0.4, -0.2) is 67.7 Å². The highest BCUT2D eigenvalue weighted by molar-refractivity contribution is 5.83. The van der Waals surface area contributed by atoms with Crippen LogP contribution in [0.4, 0.5) is 5.82 Å². The van der Waals surface area contributed by atoms with Crippen molar-refractivity contribution in [3.8, 4) is 0 Å². The molecule has 0 spiro atoms. The van der Waals surface area contributed by atoms with Gasteiger partial charge in [0, 0.05) is 26.6 Å². The van der Waals surface area contributed by atoms with E-state index in [1.165, 1.54) is 6.33 Å². The third kappa shape index (κ3) is 2.15. The third-order valence-electron chi connectivity index (χ3n) is 4.13. The molecule has 0 aromatic carbocycles. The Balaban J connectivity index is 2.04. The molecule has 1 aliphatic rings. The summed E-state index contributed by atoms with van der Waals surface area (Å²) >= 11 is 0. The summed E-state index contributed by atoms with van der Waals surface area (Å²) in [7, 11) is 3.74. The monoisotopic (exact) mass is 293 g/mol. The van der Waals surface area contributed by atoms with Crippen LogP contribution in [0.2, 0.25) is 0 Å². The van der Waals surface area contributed by atoms with Gasteiger partial charge in [-0.2, -0.15) is 0 Å². The van der Waals surface area contributed by atoms with Gasteiger partial charge in [0.05, 0.1) is 18.5 Å². The van der Waals surface area contributed by atoms with Crippen LogP contribution in [0.5, 0.6) is 0 Å². The van der Waals surface area contributed by atoms with E-state index in [2.05, 4.69) is 15.0 Å². The van der Waals surface area contributed by atoms with Crippen molar-refractivity contribution < 1.29 is 15.3 Å². The van der Waals surface area contributed by atoms with Crippen molar-refractivity contribution in [1.29, 1.82) is 0 Å². The molecule has 1 saturated carbocycles. The van der Waals surface area contributed by atoms with E-state index in [0.717, 1.165) is 0 Å². The molecule has 0 amide bonds. The molecular formula is C13H19N5O3. The summed E-state index contributed by atoms with van der Waals surface area (Å²) in [6, 6.07) is -0.355. The summed E-state index contributed by atoms with van der Waals surface area (Å²) in [5.74, 6) is 0.364. The first-order valence-corrected chi connectivity index (χ1v) is 6.86. The van der Waals surface area contributed by atoms with Gasteiger partial charge in [-0.3, -0.25) is 0 Å². The number of hydrogen-bond acceptors (Lipinski definition) is 7. The second kappa shape index (κ2) is 5.21. The number of imidazole rings is 1. The quantitative estimate of drug-likeness (QED) is 0.677. The molecule has 0 saturated heterocycles. The van der Waals surface area contributed by atoms with Gasteiger partial charge in [-0.05, 0) is 6.42 Å². The molecular weight excluding hydrogens is 274 g/mol. The molecule has 4 atom stereocenters. The molecule has 8 nitrogen and oxygen atoms in total. The number of aromatic nitrogens is 4. The lowest BCUT2D eigenvalue weighted by Crippen LogP contribution is -2.30. The van der Waals surface area contributed by atoms with Crippen molar-refractivity contribution in [3.05, 3.63) is 12.7 Å². The molecule has 0 bridgehead atoms. The second-order valence-electron chi connectivity index (χ2n) is 5.64. The van der Waals surface area contributed by atoms with Crippen LogP contribution < -0.4 is 4.90 Å².